The largest absolute Gasteiger partial charge is 0.330 e. The Kier molecular flexibility index (Phi) is 6.36. The molecule has 0 spiro atoms. The second kappa shape index (κ2) is 8.75. The maximum Gasteiger partial charge on any atom is 0.237 e. The Bertz CT molecular complexity index is 977. The molecule has 1 amide bonds. The highest BCUT2D eigenvalue weighted by Gasteiger charge is 2.19. The van der Waals surface area contributed by atoms with Crippen molar-refractivity contribution >= 4 is 45.5 Å². The molecule has 5 nitrogen and oxygen atoms in total. The zero-order valence-corrected chi connectivity index (χ0v) is 18.3. The highest BCUT2D eigenvalue weighted by molar-refractivity contribution is 8.02. The monoisotopic (exact) mass is 412 g/mol. The summed E-state index contributed by atoms with van der Waals surface area (Å²) >= 11 is 2.86. The van der Waals surface area contributed by atoms with Gasteiger partial charge in [-0.3, -0.25) is 4.79 Å². The number of hydrogen-bond acceptors (Lipinski definition) is 6. The van der Waals surface area contributed by atoms with Crippen molar-refractivity contribution in [2.75, 3.05) is 10.6 Å². The lowest BCUT2D eigenvalue weighted by molar-refractivity contribution is -0.115. The number of rotatable bonds is 6. The molecule has 0 saturated heterocycles. The molecule has 1 atom stereocenters. The number of benzene rings is 2. The van der Waals surface area contributed by atoms with Crippen LogP contribution < -0.4 is 10.6 Å². The van der Waals surface area contributed by atoms with Crippen LogP contribution in [0.2, 0.25) is 0 Å². The Labute approximate surface area is 174 Å². The number of amides is 1. The van der Waals surface area contributed by atoms with Crippen molar-refractivity contribution < 1.29 is 4.79 Å². The molecule has 3 aromatic rings. The first kappa shape index (κ1) is 20.4. The average Bonchev–Trinajstić information content (AvgIpc) is 3.04. The van der Waals surface area contributed by atoms with Gasteiger partial charge >= 0.3 is 0 Å². The molecule has 2 N–H and O–H groups in total. The average molecular weight is 413 g/mol. The van der Waals surface area contributed by atoms with E-state index < -0.39 is 0 Å². The highest BCUT2D eigenvalue weighted by Crippen LogP contribution is 2.31. The van der Waals surface area contributed by atoms with Gasteiger partial charge in [-0.1, -0.05) is 52.9 Å². The Morgan fingerprint density at radius 2 is 1.75 bits per heavy atom. The summed E-state index contributed by atoms with van der Waals surface area (Å²) in [5.41, 5.74) is 6.38. The maximum atomic E-state index is 12.7. The molecule has 2 aromatic carbocycles. The Hall–Kier alpha value is -2.38. The second-order valence-electron chi connectivity index (χ2n) is 6.89. The van der Waals surface area contributed by atoms with Crippen LogP contribution in [-0.2, 0) is 4.79 Å². The van der Waals surface area contributed by atoms with Gasteiger partial charge in [0, 0.05) is 11.4 Å². The van der Waals surface area contributed by atoms with Gasteiger partial charge < -0.3 is 10.6 Å². The summed E-state index contributed by atoms with van der Waals surface area (Å²) in [4.78, 5) is 12.7. The highest BCUT2D eigenvalue weighted by atomic mass is 32.2. The van der Waals surface area contributed by atoms with Gasteiger partial charge in [-0.2, -0.15) is 0 Å². The fraction of sp³-hybridized carbons (Fsp3) is 0.286. The van der Waals surface area contributed by atoms with Crippen LogP contribution in [0.25, 0.3) is 0 Å². The number of carbonyl (C=O) groups is 1. The van der Waals surface area contributed by atoms with E-state index in [0.29, 0.717) is 5.13 Å². The summed E-state index contributed by atoms with van der Waals surface area (Å²) in [5, 5.41) is 15.1. The van der Waals surface area contributed by atoms with E-state index >= 15 is 0 Å². The minimum absolute atomic E-state index is 0.0385. The van der Waals surface area contributed by atoms with E-state index in [-0.39, 0.29) is 11.2 Å². The van der Waals surface area contributed by atoms with Crippen molar-refractivity contribution in [3.8, 4) is 0 Å². The summed E-state index contributed by atoms with van der Waals surface area (Å²) in [6.07, 6.45) is 0. The topological polar surface area (TPSA) is 66.9 Å². The van der Waals surface area contributed by atoms with Crippen LogP contribution >= 0.6 is 23.1 Å². The van der Waals surface area contributed by atoms with Crippen molar-refractivity contribution in [2.24, 2.45) is 0 Å². The zero-order chi connectivity index (χ0) is 20.3. The molecule has 28 heavy (non-hydrogen) atoms. The van der Waals surface area contributed by atoms with Crippen molar-refractivity contribution in [3.05, 3.63) is 58.7 Å². The van der Waals surface area contributed by atoms with Crippen LogP contribution in [0, 0.1) is 27.7 Å². The third-order valence-electron chi connectivity index (χ3n) is 4.25. The molecule has 0 fully saturated rings. The van der Waals surface area contributed by atoms with Gasteiger partial charge in [0.2, 0.25) is 11.0 Å². The van der Waals surface area contributed by atoms with Crippen LogP contribution in [0.5, 0.6) is 0 Å². The number of hydrogen-bond donors (Lipinski definition) is 2. The van der Waals surface area contributed by atoms with E-state index in [4.69, 9.17) is 0 Å². The molecule has 1 heterocycles. The smallest absolute Gasteiger partial charge is 0.237 e. The molecular weight excluding hydrogens is 388 g/mol. The van der Waals surface area contributed by atoms with Gasteiger partial charge in [0.1, 0.15) is 0 Å². The Morgan fingerprint density at radius 1 is 1.04 bits per heavy atom. The minimum Gasteiger partial charge on any atom is -0.330 e. The summed E-state index contributed by atoms with van der Waals surface area (Å²) < 4.78 is 0.759. The standard InChI is InChI=1S/C21H24N4OS2/c1-12-7-6-8-17(11-12)22-20-24-25-21(28-20)27-16(5)19(26)23-18-14(3)9-13(2)10-15(18)4/h6-11,16H,1-5H3,(H,22,24)(H,23,26). The number of carbonyl (C=O) groups excluding carboxylic acids is 1. The van der Waals surface area contributed by atoms with Gasteiger partial charge in [0.05, 0.1) is 5.25 Å². The van der Waals surface area contributed by atoms with Crippen molar-refractivity contribution in [1.29, 1.82) is 0 Å². The van der Waals surface area contributed by atoms with E-state index in [9.17, 15) is 4.79 Å². The number of nitrogens with zero attached hydrogens (tertiary/aromatic N) is 2. The van der Waals surface area contributed by atoms with E-state index in [1.165, 1.54) is 34.2 Å². The number of aromatic nitrogens is 2. The van der Waals surface area contributed by atoms with Crippen LogP contribution in [0.15, 0.2) is 40.7 Å². The molecule has 1 unspecified atom stereocenters. The van der Waals surface area contributed by atoms with Gasteiger partial charge in [-0.05, 0) is 63.4 Å². The van der Waals surface area contributed by atoms with Gasteiger partial charge in [0.25, 0.3) is 0 Å². The molecule has 0 aliphatic heterocycles. The summed E-state index contributed by atoms with van der Waals surface area (Å²) in [7, 11) is 0. The predicted molar refractivity (Wildman–Crippen MR) is 119 cm³/mol. The third-order valence-corrected chi connectivity index (χ3v) is 6.27. The van der Waals surface area contributed by atoms with Gasteiger partial charge in [-0.25, -0.2) is 0 Å². The lowest BCUT2D eigenvalue weighted by atomic mass is 10.1. The van der Waals surface area contributed by atoms with Crippen LogP contribution in [0.3, 0.4) is 0 Å². The zero-order valence-electron chi connectivity index (χ0n) is 16.7. The number of thioether (sulfide) groups is 1. The minimum atomic E-state index is -0.278. The number of anilines is 3. The second-order valence-corrected chi connectivity index (χ2v) is 9.46. The molecule has 3 rings (SSSR count). The summed E-state index contributed by atoms with van der Waals surface area (Å²) in [6.45, 7) is 10.0. The molecule has 146 valence electrons. The van der Waals surface area contributed by atoms with E-state index in [2.05, 4.69) is 46.0 Å². The first-order valence-electron chi connectivity index (χ1n) is 9.04. The molecule has 1 aromatic heterocycles. The SMILES string of the molecule is Cc1cccc(Nc2nnc(SC(C)C(=O)Nc3c(C)cc(C)cc3C)s2)c1. The van der Waals surface area contributed by atoms with Crippen molar-refractivity contribution in [3.63, 3.8) is 0 Å². The third kappa shape index (κ3) is 5.11. The predicted octanol–water partition coefficient (Wildman–Crippen LogP) is 5.63. The molecule has 0 saturated carbocycles. The van der Waals surface area contributed by atoms with Crippen molar-refractivity contribution in [2.45, 2.75) is 44.2 Å². The Balaban J connectivity index is 1.62. The first-order chi connectivity index (χ1) is 13.3. The van der Waals surface area contributed by atoms with Gasteiger partial charge in [0.15, 0.2) is 4.34 Å². The lowest BCUT2D eigenvalue weighted by Crippen LogP contribution is -2.23. The molecule has 7 heteroatoms. The lowest BCUT2D eigenvalue weighted by Gasteiger charge is -2.15. The maximum absolute atomic E-state index is 12.7. The van der Waals surface area contributed by atoms with E-state index in [0.717, 1.165) is 26.8 Å². The van der Waals surface area contributed by atoms with Crippen molar-refractivity contribution in [1.82, 2.24) is 10.2 Å². The van der Waals surface area contributed by atoms with Crippen LogP contribution in [0.1, 0.15) is 29.2 Å². The fourth-order valence-corrected chi connectivity index (χ4v) is 4.88. The molecule has 0 bridgehead atoms. The summed E-state index contributed by atoms with van der Waals surface area (Å²) in [6, 6.07) is 12.2. The molecule has 0 radical (unpaired) electrons. The first-order valence-corrected chi connectivity index (χ1v) is 10.7. The fourth-order valence-electron chi connectivity index (χ4n) is 2.96. The quantitative estimate of drug-likeness (QED) is 0.513. The molecule has 0 aliphatic rings. The number of nitrogens with one attached hydrogen (secondary N) is 2. The Morgan fingerprint density at radius 3 is 2.43 bits per heavy atom. The normalized spacial score (nSPS) is 11.9. The van der Waals surface area contributed by atoms with E-state index in [1.54, 1.807) is 0 Å². The van der Waals surface area contributed by atoms with Gasteiger partial charge in [-0.15, -0.1) is 10.2 Å². The van der Waals surface area contributed by atoms with E-state index in [1.807, 2.05) is 45.9 Å². The number of aryl methyl sites for hydroxylation is 4. The van der Waals surface area contributed by atoms with Crippen LogP contribution in [0.4, 0.5) is 16.5 Å². The molecular formula is C21H24N4OS2. The summed E-state index contributed by atoms with van der Waals surface area (Å²) in [5.74, 6) is -0.0385. The molecule has 0 aliphatic carbocycles. The van der Waals surface area contributed by atoms with Crippen LogP contribution in [-0.4, -0.2) is 21.4 Å².